The molecule has 12 heteroatoms. The fourth-order valence-electron chi connectivity index (χ4n) is 4.02. The first-order valence-electron chi connectivity index (χ1n) is 10.5. The Labute approximate surface area is 180 Å². The summed E-state index contributed by atoms with van der Waals surface area (Å²) >= 11 is 0. The Morgan fingerprint density at radius 3 is 2.74 bits per heavy atom. The van der Waals surface area contributed by atoms with Crippen molar-refractivity contribution in [1.29, 1.82) is 0 Å². The van der Waals surface area contributed by atoms with E-state index in [4.69, 9.17) is 4.74 Å². The first kappa shape index (κ1) is 20.2. The van der Waals surface area contributed by atoms with Crippen molar-refractivity contribution >= 4 is 21.6 Å². The summed E-state index contributed by atoms with van der Waals surface area (Å²) in [4.78, 5) is 9.15. The second-order valence-electron chi connectivity index (χ2n) is 8.41. The number of hydrogen-bond acceptors (Lipinski definition) is 8. The van der Waals surface area contributed by atoms with Gasteiger partial charge in [0.25, 0.3) is 0 Å². The number of aromatic amines is 1. The molecule has 0 aromatic carbocycles. The highest BCUT2D eigenvalue weighted by atomic mass is 32.2. The lowest BCUT2D eigenvalue weighted by Gasteiger charge is -2.35. The molecule has 1 aliphatic heterocycles. The Morgan fingerprint density at radius 1 is 1.26 bits per heavy atom. The quantitative estimate of drug-likeness (QED) is 0.583. The van der Waals surface area contributed by atoms with Gasteiger partial charge in [0, 0.05) is 30.9 Å². The van der Waals surface area contributed by atoms with Crippen LogP contribution in [0.5, 0.6) is 5.88 Å². The predicted molar refractivity (Wildman–Crippen MR) is 114 cm³/mol. The van der Waals surface area contributed by atoms with Gasteiger partial charge in [0.05, 0.1) is 18.6 Å². The molecule has 5 rings (SSSR count). The molecule has 0 unspecified atom stereocenters. The van der Waals surface area contributed by atoms with Crippen LogP contribution in [0, 0.1) is 5.92 Å². The van der Waals surface area contributed by atoms with Crippen molar-refractivity contribution in [2.45, 2.75) is 44.8 Å². The fraction of sp³-hybridized carbons (Fsp3) is 0.579. The number of nitrogens with one attached hydrogen (secondary N) is 2. The van der Waals surface area contributed by atoms with Crippen molar-refractivity contribution in [3.63, 3.8) is 0 Å². The first-order valence-corrected chi connectivity index (χ1v) is 12.4. The number of aromatic nitrogens is 6. The number of nitrogens with zero attached hydrogens (tertiary/aromatic N) is 6. The summed E-state index contributed by atoms with van der Waals surface area (Å²) in [7, 11) is -3.18. The maximum Gasteiger partial charge on any atom is 0.244 e. The van der Waals surface area contributed by atoms with Crippen LogP contribution < -0.4 is 10.1 Å². The molecule has 1 saturated carbocycles. The number of hydrogen-bond donors (Lipinski definition) is 2. The monoisotopic (exact) mass is 446 g/mol. The van der Waals surface area contributed by atoms with Crippen molar-refractivity contribution in [3.8, 4) is 17.1 Å². The van der Waals surface area contributed by atoms with Crippen molar-refractivity contribution in [3.05, 3.63) is 18.6 Å². The number of H-pyrrole nitrogens is 1. The number of ether oxygens (including phenoxy) is 1. The molecule has 0 spiro atoms. The average molecular weight is 447 g/mol. The molecule has 2 fully saturated rings. The third-order valence-corrected chi connectivity index (χ3v) is 7.36. The normalized spacial score (nSPS) is 23.0. The molecule has 0 radical (unpaired) electrons. The van der Waals surface area contributed by atoms with Gasteiger partial charge in [-0.2, -0.15) is 14.6 Å². The van der Waals surface area contributed by atoms with Crippen LogP contribution in [0.15, 0.2) is 18.6 Å². The Hall–Kier alpha value is -2.73. The number of rotatable bonds is 6. The van der Waals surface area contributed by atoms with E-state index in [0.29, 0.717) is 42.7 Å². The predicted octanol–water partition coefficient (Wildman–Crippen LogP) is 1.53. The van der Waals surface area contributed by atoms with Gasteiger partial charge in [-0.15, -0.1) is 5.10 Å². The summed E-state index contributed by atoms with van der Waals surface area (Å²) in [6, 6.07) is 0.0766. The van der Waals surface area contributed by atoms with Gasteiger partial charge in [-0.3, -0.25) is 5.10 Å². The molecule has 31 heavy (non-hydrogen) atoms. The van der Waals surface area contributed by atoms with Gasteiger partial charge in [0.2, 0.25) is 21.9 Å². The Balaban J connectivity index is 1.42. The number of fused-ring (bicyclic) bond motifs is 1. The van der Waals surface area contributed by atoms with E-state index in [9.17, 15) is 8.42 Å². The maximum absolute atomic E-state index is 11.8. The van der Waals surface area contributed by atoms with Crippen LogP contribution in [-0.2, 0) is 10.0 Å². The smallest absolute Gasteiger partial charge is 0.244 e. The van der Waals surface area contributed by atoms with Gasteiger partial charge < -0.3 is 10.1 Å². The second kappa shape index (κ2) is 7.75. The molecule has 11 nitrogen and oxygen atoms in total. The van der Waals surface area contributed by atoms with E-state index in [0.717, 1.165) is 24.8 Å². The van der Waals surface area contributed by atoms with Crippen LogP contribution in [-0.4, -0.2) is 74.0 Å². The summed E-state index contributed by atoms with van der Waals surface area (Å²) in [6.45, 7) is 3.00. The zero-order valence-corrected chi connectivity index (χ0v) is 18.3. The van der Waals surface area contributed by atoms with E-state index in [1.165, 1.54) is 10.6 Å². The van der Waals surface area contributed by atoms with E-state index >= 15 is 0 Å². The lowest BCUT2D eigenvalue weighted by molar-refractivity contribution is 0.112. The van der Waals surface area contributed by atoms with Crippen molar-refractivity contribution in [2.24, 2.45) is 5.92 Å². The van der Waals surface area contributed by atoms with Crippen LogP contribution in [0.1, 0.15) is 32.6 Å². The average Bonchev–Trinajstić information content (AvgIpc) is 3.34. The number of piperidine rings is 1. The summed E-state index contributed by atoms with van der Waals surface area (Å²) in [6.07, 6.45) is 10.4. The molecule has 4 heterocycles. The van der Waals surface area contributed by atoms with Gasteiger partial charge in [-0.25, -0.2) is 17.7 Å². The molecule has 0 bridgehead atoms. The lowest BCUT2D eigenvalue weighted by Crippen LogP contribution is -2.47. The number of sulfonamides is 1. The Morgan fingerprint density at radius 2 is 2.10 bits per heavy atom. The molecule has 2 N–H and O–H groups in total. The second-order valence-corrected chi connectivity index (χ2v) is 10.4. The molecule has 2 atom stereocenters. The van der Waals surface area contributed by atoms with Crippen LogP contribution in [0.4, 0.5) is 5.95 Å². The minimum atomic E-state index is -3.18. The summed E-state index contributed by atoms with van der Waals surface area (Å²) < 4.78 is 33.2. The Bertz CT molecular complexity index is 1170. The first-order chi connectivity index (χ1) is 14.9. The Kier molecular flexibility index (Phi) is 5.05. The van der Waals surface area contributed by atoms with E-state index in [-0.39, 0.29) is 18.1 Å². The van der Waals surface area contributed by atoms with Crippen molar-refractivity contribution < 1.29 is 13.2 Å². The SMILES string of the molecule is C[C@@H]1CN(S(C)(=O)=O)CC[C@@H]1Nc1nc2cnc(-c3cn[nH]c3)c(OC3CCC3)n2n1. The van der Waals surface area contributed by atoms with Crippen LogP contribution in [0.25, 0.3) is 16.9 Å². The summed E-state index contributed by atoms with van der Waals surface area (Å²) in [5, 5.41) is 14.9. The lowest BCUT2D eigenvalue weighted by atomic mass is 9.95. The highest BCUT2D eigenvalue weighted by Crippen LogP contribution is 2.32. The minimum absolute atomic E-state index is 0.0766. The maximum atomic E-state index is 11.8. The van der Waals surface area contributed by atoms with Gasteiger partial charge in [-0.05, 0) is 31.6 Å². The number of anilines is 1. The zero-order chi connectivity index (χ0) is 21.6. The van der Waals surface area contributed by atoms with E-state index in [2.05, 4.69) is 30.6 Å². The van der Waals surface area contributed by atoms with Crippen molar-refractivity contribution in [2.75, 3.05) is 24.7 Å². The van der Waals surface area contributed by atoms with E-state index in [1.807, 2.05) is 6.92 Å². The van der Waals surface area contributed by atoms with E-state index in [1.54, 1.807) is 23.1 Å². The van der Waals surface area contributed by atoms with Crippen LogP contribution in [0.3, 0.4) is 0 Å². The summed E-state index contributed by atoms with van der Waals surface area (Å²) in [5.74, 6) is 1.17. The topological polar surface area (TPSA) is 130 Å². The molecule has 2 aliphatic rings. The molecular formula is C19H26N8O3S. The molecule has 166 valence electrons. The van der Waals surface area contributed by atoms with E-state index < -0.39 is 10.0 Å². The van der Waals surface area contributed by atoms with Crippen LogP contribution >= 0.6 is 0 Å². The van der Waals surface area contributed by atoms with Gasteiger partial charge in [-0.1, -0.05) is 6.92 Å². The van der Waals surface area contributed by atoms with Crippen molar-refractivity contribution in [1.82, 2.24) is 34.1 Å². The van der Waals surface area contributed by atoms with Gasteiger partial charge >= 0.3 is 0 Å². The highest BCUT2D eigenvalue weighted by molar-refractivity contribution is 7.88. The largest absolute Gasteiger partial charge is 0.473 e. The molecule has 3 aromatic rings. The molecule has 3 aromatic heterocycles. The molecule has 0 amide bonds. The highest BCUT2D eigenvalue weighted by Gasteiger charge is 2.31. The fourth-order valence-corrected chi connectivity index (χ4v) is 4.96. The molecule has 1 saturated heterocycles. The minimum Gasteiger partial charge on any atom is -0.473 e. The zero-order valence-electron chi connectivity index (χ0n) is 17.5. The molecular weight excluding hydrogens is 420 g/mol. The standard InChI is InChI=1S/C19H26N8O3S/c1-12-11-26(31(2,28)29)7-6-15(12)23-19-24-16-10-20-17(13-8-21-22-9-13)18(27(16)25-19)30-14-4-3-5-14/h8-10,12,14-15H,3-7,11H2,1-2H3,(H,21,22)(H,23,25)/t12-,15+/m1/s1. The summed E-state index contributed by atoms with van der Waals surface area (Å²) in [5.41, 5.74) is 2.08. The third-order valence-electron chi connectivity index (χ3n) is 6.09. The van der Waals surface area contributed by atoms with Gasteiger partial charge in [0.1, 0.15) is 11.8 Å². The molecule has 1 aliphatic carbocycles. The third kappa shape index (κ3) is 3.97. The van der Waals surface area contributed by atoms with Gasteiger partial charge in [0.15, 0.2) is 5.65 Å². The van der Waals surface area contributed by atoms with Crippen LogP contribution in [0.2, 0.25) is 0 Å².